The third kappa shape index (κ3) is 9.74. The van der Waals surface area contributed by atoms with Crippen molar-refractivity contribution in [2.24, 2.45) is 0 Å². The Morgan fingerprint density at radius 3 is 0.714 bits per heavy atom. The van der Waals surface area contributed by atoms with E-state index < -0.39 is 58.1 Å². The molecule has 0 atom stereocenters. The molecule has 9 aromatic carbocycles. The molecule has 0 saturated heterocycles. The second-order valence-corrected chi connectivity index (χ2v) is 50.5. The van der Waals surface area contributed by atoms with E-state index in [1.165, 1.54) is 26.4 Å². The standard InChI is InChI=1S/2C21H20GeO2.3C6H4Cl.Bi/c2*23-21(24)16-17-22(18-10-4-1-5-11-18,19-12-6-2-7-13-19)20-14-8-3-9-15-20;3*7-6-4-2-1-3-5-6;/h2*1-15H,16-17H2,(H,23,24);3*2-5H;/q;;;;;+2/p-2. The molecule has 0 bridgehead atoms. The van der Waals surface area contributed by atoms with Gasteiger partial charge < -0.3 is 0 Å². The van der Waals surface area contributed by atoms with Gasteiger partial charge >= 0.3 is 438 Å². The molecular formula is C60H50BiCl3Ge2O4. The van der Waals surface area contributed by atoms with Crippen LogP contribution in [0.25, 0.3) is 0 Å². The predicted octanol–water partition coefficient (Wildman–Crippen LogP) is 9.27. The fourth-order valence-electron chi connectivity index (χ4n) is 10.2. The molecule has 0 radical (unpaired) electrons. The van der Waals surface area contributed by atoms with Crippen molar-refractivity contribution in [1.29, 1.82) is 0 Å². The van der Waals surface area contributed by atoms with E-state index in [4.69, 9.17) is 40.4 Å². The average Bonchev–Trinajstić information content (AvgIpc) is 3.41. The number of rotatable bonds is 17. The zero-order valence-electron chi connectivity index (χ0n) is 38.3. The molecule has 0 aliphatic rings. The molecule has 0 unspecified atom stereocenters. The van der Waals surface area contributed by atoms with Crippen molar-refractivity contribution in [2.75, 3.05) is 0 Å². The summed E-state index contributed by atoms with van der Waals surface area (Å²) in [5, 5.41) is 2.45. The molecule has 0 heterocycles. The van der Waals surface area contributed by atoms with Crippen molar-refractivity contribution in [3.8, 4) is 0 Å². The van der Waals surface area contributed by atoms with E-state index in [1.54, 1.807) is 36.4 Å². The van der Waals surface area contributed by atoms with Crippen molar-refractivity contribution in [3.63, 3.8) is 0 Å². The van der Waals surface area contributed by atoms with E-state index in [0.717, 1.165) is 0 Å². The van der Waals surface area contributed by atoms with E-state index in [9.17, 15) is 0 Å². The van der Waals surface area contributed by atoms with Gasteiger partial charge in [0.1, 0.15) is 0 Å². The monoisotopic (exact) mass is 1300 g/mol. The maximum atomic E-state index is 15.8. The summed E-state index contributed by atoms with van der Waals surface area (Å²) in [6.07, 6.45) is 0.0642. The van der Waals surface area contributed by atoms with Crippen LogP contribution in [0.15, 0.2) is 255 Å². The van der Waals surface area contributed by atoms with Crippen molar-refractivity contribution in [2.45, 2.75) is 23.3 Å². The molecule has 0 amide bonds. The number of carbonyl (C=O) groups is 2. The number of benzene rings is 9. The quantitative estimate of drug-likeness (QED) is 0.0855. The Morgan fingerprint density at radius 2 is 0.514 bits per heavy atom. The molecule has 4 nitrogen and oxygen atoms in total. The molecule has 70 heavy (non-hydrogen) atoms. The fraction of sp³-hybridized carbons (Fsp3) is 0.0667. The number of halogens is 3. The van der Waals surface area contributed by atoms with Crippen molar-refractivity contribution in [1.82, 2.24) is 0 Å². The minimum atomic E-state index is -6.76. The molecule has 0 aromatic heterocycles. The zero-order chi connectivity index (χ0) is 48.5. The van der Waals surface area contributed by atoms with E-state index in [2.05, 4.69) is 146 Å². The SMILES string of the molecule is O=C(C[CH2][Ge]([c]1ccccc1)([c]1ccccc1)[c]1ccccc1)[O][Bi]([O]C(=O)C[CH2][Ge]([c]1ccccc1)([c]1ccccc1)[c]1ccccc1)([c]1ccc(Cl)cc1)([c]1ccc(Cl)cc1)[c]1ccc(Cl)cc1. The molecule has 0 fully saturated rings. The van der Waals surface area contributed by atoms with E-state index in [-0.39, 0.29) is 12.8 Å². The van der Waals surface area contributed by atoms with Gasteiger partial charge in [-0.2, -0.15) is 0 Å². The van der Waals surface area contributed by atoms with Crippen molar-refractivity contribution >= 4 is 129 Å². The van der Waals surface area contributed by atoms with Gasteiger partial charge in [-0.25, -0.2) is 0 Å². The summed E-state index contributed by atoms with van der Waals surface area (Å²) in [6.45, 7) is 0. The Morgan fingerprint density at radius 1 is 0.314 bits per heavy atom. The van der Waals surface area contributed by atoms with E-state index in [1.807, 2.05) is 72.8 Å². The van der Waals surface area contributed by atoms with Crippen molar-refractivity contribution < 1.29 is 15.2 Å². The Kier molecular flexibility index (Phi) is 15.7. The van der Waals surface area contributed by atoms with Crippen LogP contribution < -0.4 is 36.2 Å². The van der Waals surface area contributed by atoms with Crippen LogP contribution in [0, 0.1) is 0 Å². The van der Waals surface area contributed by atoms with Crippen LogP contribution in [-0.4, -0.2) is 58.1 Å². The molecule has 0 aliphatic carbocycles. The van der Waals surface area contributed by atoms with Crippen LogP contribution in [-0.2, 0) is 15.2 Å². The Balaban J connectivity index is 1.23. The predicted molar refractivity (Wildman–Crippen MR) is 298 cm³/mol. The molecule has 9 aromatic rings. The molecule has 9 rings (SSSR count). The summed E-state index contributed by atoms with van der Waals surface area (Å²) < 4.78 is 24.0. The average molecular weight is 1300 g/mol. The van der Waals surface area contributed by atoms with Gasteiger partial charge in [-0.3, -0.25) is 0 Å². The Bertz CT molecular complexity index is 2700. The second kappa shape index (κ2) is 22.0. The third-order valence-electron chi connectivity index (χ3n) is 13.4. The van der Waals surface area contributed by atoms with Gasteiger partial charge in [-0.1, -0.05) is 0 Å². The van der Waals surface area contributed by atoms with Crippen LogP contribution in [0.5, 0.6) is 0 Å². The third-order valence-corrected chi connectivity index (χ3v) is 53.7. The van der Waals surface area contributed by atoms with Gasteiger partial charge in [-0.05, 0) is 0 Å². The second-order valence-electron chi connectivity index (χ2n) is 17.3. The molecular weight excluding hydrogens is 1250 g/mol. The molecule has 10 heteroatoms. The molecule has 0 N–H and O–H groups in total. The van der Waals surface area contributed by atoms with Crippen LogP contribution in [0.3, 0.4) is 0 Å². The normalized spacial score (nSPS) is 12.3. The first-order valence-electron chi connectivity index (χ1n) is 23.3. The minimum absolute atomic E-state index is 0.0321. The molecule has 348 valence electrons. The van der Waals surface area contributed by atoms with Crippen LogP contribution >= 0.6 is 34.8 Å². The van der Waals surface area contributed by atoms with Gasteiger partial charge in [-0.15, -0.1) is 0 Å². The topological polar surface area (TPSA) is 52.6 Å². The summed E-state index contributed by atoms with van der Waals surface area (Å²) in [5.41, 5.74) is 0. The molecule has 0 saturated carbocycles. The van der Waals surface area contributed by atoms with E-state index >= 15 is 9.59 Å². The molecule has 0 aliphatic heterocycles. The fourth-order valence-corrected chi connectivity index (χ4v) is 48.3. The summed E-state index contributed by atoms with van der Waals surface area (Å²) >= 11 is 5.90. The van der Waals surface area contributed by atoms with Gasteiger partial charge in [0.2, 0.25) is 0 Å². The first-order valence-corrected chi connectivity index (χ1v) is 41.7. The first kappa shape index (κ1) is 49.7. The van der Waals surface area contributed by atoms with Gasteiger partial charge in [0.05, 0.1) is 0 Å². The summed E-state index contributed by atoms with van der Waals surface area (Å²) in [7, 11) is 0. The summed E-state index contributed by atoms with van der Waals surface area (Å²) in [4.78, 5) is 31.6. The zero-order valence-corrected chi connectivity index (χ0v) is 48.2. The van der Waals surface area contributed by atoms with Crippen LogP contribution in [0.2, 0.25) is 25.6 Å². The summed E-state index contributed by atoms with van der Waals surface area (Å²) in [6, 6.07) is 85.0. The van der Waals surface area contributed by atoms with Gasteiger partial charge in [0, 0.05) is 0 Å². The number of hydrogen-bond acceptors (Lipinski definition) is 4. The van der Waals surface area contributed by atoms with Crippen LogP contribution in [0.1, 0.15) is 12.8 Å². The molecule has 0 spiro atoms. The Labute approximate surface area is 433 Å². The Hall–Kier alpha value is -5.24. The van der Waals surface area contributed by atoms with E-state index in [0.29, 0.717) is 35.4 Å². The van der Waals surface area contributed by atoms with Gasteiger partial charge in [0.25, 0.3) is 0 Å². The van der Waals surface area contributed by atoms with Crippen LogP contribution in [0.4, 0.5) is 0 Å². The first-order chi connectivity index (χ1) is 34.2. The van der Waals surface area contributed by atoms with Crippen molar-refractivity contribution in [3.05, 3.63) is 270 Å². The number of hydrogen-bond donors (Lipinski definition) is 0. The van der Waals surface area contributed by atoms with Gasteiger partial charge in [0.15, 0.2) is 0 Å². The summed E-state index contributed by atoms with van der Waals surface area (Å²) in [5.74, 6) is -0.967. The number of carbonyl (C=O) groups excluding carboxylic acids is 2. The maximum absolute atomic E-state index is 15.8.